The monoisotopic (exact) mass is 302 g/mol. The molecule has 0 bridgehead atoms. The van der Waals surface area contributed by atoms with E-state index in [9.17, 15) is 9.59 Å². The first-order chi connectivity index (χ1) is 10.6. The molecule has 0 aliphatic heterocycles. The number of hydrogen-bond donors (Lipinski definition) is 1. The number of benzene rings is 1. The third-order valence-electron chi connectivity index (χ3n) is 4.42. The highest BCUT2D eigenvalue weighted by Gasteiger charge is 2.21. The quantitative estimate of drug-likeness (QED) is 0.909. The molecule has 0 unspecified atom stereocenters. The number of amides is 2. The smallest absolute Gasteiger partial charge is 0.251 e. The van der Waals surface area contributed by atoms with Crippen molar-refractivity contribution >= 4 is 11.8 Å². The van der Waals surface area contributed by atoms with Gasteiger partial charge in [-0.1, -0.05) is 37.0 Å². The van der Waals surface area contributed by atoms with Crippen molar-refractivity contribution in [3.63, 3.8) is 0 Å². The second-order valence-corrected chi connectivity index (χ2v) is 6.17. The Kier molecular flexibility index (Phi) is 5.99. The zero-order valence-corrected chi connectivity index (χ0v) is 13.6. The molecule has 2 rings (SSSR count). The second-order valence-electron chi connectivity index (χ2n) is 6.17. The molecular formula is C18H26N2O2. The maximum absolute atomic E-state index is 12.2. The van der Waals surface area contributed by atoms with Gasteiger partial charge >= 0.3 is 0 Å². The van der Waals surface area contributed by atoms with E-state index >= 15 is 0 Å². The van der Waals surface area contributed by atoms with Crippen molar-refractivity contribution in [1.82, 2.24) is 10.2 Å². The zero-order valence-electron chi connectivity index (χ0n) is 13.6. The van der Waals surface area contributed by atoms with Crippen LogP contribution in [-0.2, 0) is 4.79 Å². The molecule has 1 aliphatic carbocycles. The Morgan fingerprint density at radius 3 is 2.64 bits per heavy atom. The summed E-state index contributed by atoms with van der Waals surface area (Å²) in [4.78, 5) is 26.1. The first kappa shape index (κ1) is 16.5. The molecule has 1 fully saturated rings. The summed E-state index contributed by atoms with van der Waals surface area (Å²) in [5.74, 6) is 0.00765. The van der Waals surface area contributed by atoms with E-state index in [0.717, 1.165) is 18.4 Å². The molecule has 22 heavy (non-hydrogen) atoms. The SMILES string of the molecule is Cc1cccc(C(=O)NCCC(=O)N(C)C2CCCCC2)c1. The number of carbonyl (C=O) groups excluding carboxylic acids is 2. The topological polar surface area (TPSA) is 49.4 Å². The van der Waals surface area contributed by atoms with Gasteiger partial charge in [0.1, 0.15) is 0 Å². The van der Waals surface area contributed by atoms with Crippen molar-refractivity contribution in [2.45, 2.75) is 51.5 Å². The average molecular weight is 302 g/mol. The van der Waals surface area contributed by atoms with Gasteiger partial charge in [-0.05, 0) is 31.9 Å². The fourth-order valence-corrected chi connectivity index (χ4v) is 3.02. The number of rotatable bonds is 5. The van der Waals surface area contributed by atoms with Gasteiger partial charge in [0.2, 0.25) is 5.91 Å². The Balaban J connectivity index is 1.75. The van der Waals surface area contributed by atoms with Gasteiger partial charge in [0.25, 0.3) is 5.91 Å². The summed E-state index contributed by atoms with van der Waals surface area (Å²) in [6, 6.07) is 7.85. The molecule has 0 atom stereocenters. The van der Waals surface area contributed by atoms with Crippen LogP contribution in [0.5, 0.6) is 0 Å². The Morgan fingerprint density at radius 1 is 1.23 bits per heavy atom. The van der Waals surface area contributed by atoms with Gasteiger partial charge in [0.05, 0.1) is 0 Å². The van der Waals surface area contributed by atoms with E-state index in [1.54, 1.807) is 6.07 Å². The normalized spacial score (nSPS) is 15.4. The molecule has 0 radical (unpaired) electrons. The first-order valence-electron chi connectivity index (χ1n) is 8.18. The van der Waals surface area contributed by atoms with Gasteiger partial charge in [0, 0.05) is 31.6 Å². The molecule has 0 heterocycles. The molecular weight excluding hydrogens is 276 g/mol. The maximum Gasteiger partial charge on any atom is 0.251 e. The summed E-state index contributed by atoms with van der Waals surface area (Å²) in [6.07, 6.45) is 6.30. The Hall–Kier alpha value is -1.84. The Morgan fingerprint density at radius 2 is 1.95 bits per heavy atom. The molecule has 0 spiro atoms. The number of nitrogens with one attached hydrogen (secondary N) is 1. The molecule has 0 aromatic heterocycles. The van der Waals surface area contributed by atoms with Crippen molar-refractivity contribution in [3.05, 3.63) is 35.4 Å². The van der Waals surface area contributed by atoms with Crippen LogP contribution < -0.4 is 5.32 Å². The number of nitrogens with zero attached hydrogens (tertiary/aromatic N) is 1. The molecule has 1 aliphatic rings. The predicted molar refractivity (Wildman–Crippen MR) is 87.8 cm³/mol. The lowest BCUT2D eigenvalue weighted by atomic mass is 9.94. The molecule has 1 saturated carbocycles. The molecule has 1 aromatic rings. The van der Waals surface area contributed by atoms with E-state index in [2.05, 4.69) is 5.32 Å². The summed E-state index contributed by atoms with van der Waals surface area (Å²) >= 11 is 0. The molecule has 1 N–H and O–H groups in total. The van der Waals surface area contributed by atoms with E-state index in [4.69, 9.17) is 0 Å². The zero-order chi connectivity index (χ0) is 15.9. The minimum Gasteiger partial charge on any atom is -0.352 e. The minimum absolute atomic E-state index is 0.114. The van der Waals surface area contributed by atoms with Crippen LogP contribution in [0.4, 0.5) is 0 Å². The summed E-state index contributed by atoms with van der Waals surface area (Å²) in [6.45, 7) is 2.35. The molecule has 0 saturated heterocycles. The summed E-state index contributed by atoms with van der Waals surface area (Å²) < 4.78 is 0. The van der Waals surface area contributed by atoms with Gasteiger partial charge in [-0.2, -0.15) is 0 Å². The third kappa shape index (κ3) is 4.58. The summed E-state index contributed by atoms with van der Waals surface area (Å²) in [7, 11) is 1.89. The molecule has 120 valence electrons. The van der Waals surface area contributed by atoms with Gasteiger partial charge in [0.15, 0.2) is 0 Å². The third-order valence-corrected chi connectivity index (χ3v) is 4.42. The van der Waals surface area contributed by atoms with Crippen LogP contribution >= 0.6 is 0 Å². The number of hydrogen-bond acceptors (Lipinski definition) is 2. The number of carbonyl (C=O) groups is 2. The first-order valence-corrected chi connectivity index (χ1v) is 8.18. The molecule has 4 heteroatoms. The van der Waals surface area contributed by atoms with E-state index in [-0.39, 0.29) is 11.8 Å². The van der Waals surface area contributed by atoms with Gasteiger partial charge in [-0.15, -0.1) is 0 Å². The molecule has 4 nitrogen and oxygen atoms in total. The second kappa shape index (κ2) is 7.97. The Bertz CT molecular complexity index is 522. The predicted octanol–water partition coefficient (Wildman–Crippen LogP) is 2.91. The molecule has 2 amide bonds. The highest BCUT2D eigenvalue weighted by Crippen LogP contribution is 2.21. The lowest BCUT2D eigenvalue weighted by Gasteiger charge is -2.31. The minimum atomic E-state index is -0.114. The van der Waals surface area contributed by atoms with Crippen LogP contribution in [0.3, 0.4) is 0 Å². The van der Waals surface area contributed by atoms with E-state index in [1.807, 2.05) is 37.1 Å². The highest BCUT2D eigenvalue weighted by molar-refractivity contribution is 5.94. The molecule has 1 aromatic carbocycles. The van der Waals surface area contributed by atoms with Crippen molar-refractivity contribution < 1.29 is 9.59 Å². The van der Waals surface area contributed by atoms with Crippen LogP contribution in [0.15, 0.2) is 24.3 Å². The van der Waals surface area contributed by atoms with Crippen molar-refractivity contribution in [2.24, 2.45) is 0 Å². The van der Waals surface area contributed by atoms with Crippen LogP contribution in [0, 0.1) is 6.92 Å². The fourth-order valence-electron chi connectivity index (χ4n) is 3.02. The Labute approximate surface area is 132 Å². The van der Waals surface area contributed by atoms with Crippen LogP contribution in [0.1, 0.15) is 54.4 Å². The van der Waals surface area contributed by atoms with Crippen molar-refractivity contribution in [3.8, 4) is 0 Å². The van der Waals surface area contributed by atoms with Gasteiger partial charge < -0.3 is 10.2 Å². The van der Waals surface area contributed by atoms with E-state index < -0.39 is 0 Å². The van der Waals surface area contributed by atoms with Crippen LogP contribution in [0.25, 0.3) is 0 Å². The van der Waals surface area contributed by atoms with Gasteiger partial charge in [-0.25, -0.2) is 0 Å². The van der Waals surface area contributed by atoms with E-state index in [1.165, 1.54) is 19.3 Å². The van der Waals surface area contributed by atoms with Crippen LogP contribution in [-0.4, -0.2) is 36.3 Å². The summed E-state index contributed by atoms with van der Waals surface area (Å²) in [5.41, 5.74) is 1.70. The average Bonchev–Trinajstić information content (AvgIpc) is 2.54. The standard InChI is InChI=1S/C18H26N2O2/c1-14-7-6-8-15(13-14)18(22)19-12-11-17(21)20(2)16-9-4-3-5-10-16/h6-8,13,16H,3-5,9-12H2,1-2H3,(H,19,22). The van der Waals surface area contributed by atoms with Gasteiger partial charge in [-0.3, -0.25) is 9.59 Å². The van der Waals surface area contributed by atoms with Crippen LogP contribution in [0.2, 0.25) is 0 Å². The largest absolute Gasteiger partial charge is 0.352 e. The summed E-state index contributed by atoms with van der Waals surface area (Å²) in [5, 5.41) is 2.83. The lowest BCUT2D eigenvalue weighted by Crippen LogP contribution is -2.39. The van der Waals surface area contributed by atoms with E-state index in [0.29, 0.717) is 24.6 Å². The number of aryl methyl sites for hydroxylation is 1. The highest BCUT2D eigenvalue weighted by atomic mass is 16.2. The lowest BCUT2D eigenvalue weighted by molar-refractivity contribution is -0.132. The maximum atomic E-state index is 12.2. The van der Waals surface area contributed by atoms with Crippen molar-refractivity contribution in [2.75, 3.05) is 13.6 Å². The van der Waals surface area contributed by atoms with Crippen molar-refractivity contribution in [1.29, 1.82) is 0 Å². The fraction of sp³-hybridized carbons (Fsp3) is 0.556.